The summed E-state index contributed by atoms with van der Waals surface area (Å²) < 4.78 is 13.0. The van der Waals surface area contributed by atoms with Crippen LogP contribution in [0.3, 0.4) is 0 Å². The van der Waals surface area contributed by atoms with Gasteiger partial charge < -0.3 is 5.11 Å². The SMILES string of the molecule is Cc1cccc(C=NNC(=O)c2cccc(F)c2)c1O. The highest BCUT2D eigenvalue weighted by atomic mass is 19.1. The van der Waals surface area contributed by atoms with Crippen molar-refractivity contribution in [1.82, 2.24) is 5.43 Å². The van der Waals surface area contributed by atoms with Gasteiger partial charge in [-0.3, -0.25) is 4.79 Å². The molecule has 1 amide bonds. The number of phenolic OH excluding ortho intramolecular Hbond substituents is 1. The number of hydrogen-bond donors (Lipinski definition) is 2. The number of rotatable bonds is 3. The molecule has 0 bridgehead atoms. The van der Waals surface area contributed by atoms with E-state index < -0.39 is 11.7 Å². The van der Waals surface area contributed by atoms with Crippen LogP contribution in [-0.4, -0.2) is 17.2 Å². The molecule has 0 heterocycles. The van der Waals surface area contributed by atoms with E-state index in [9.17, 15) is 14.3 Å². The molecule has 0 unspecified atom stereocenters. The third-order valence-electron chi connectivity index (χ3n) is 2.73. The van der Waals surface area contributed by atoms with E-state index in [2.05, 4.69) is 10.5 Å². The number of halogens is 1. The molecule has 0 saturated carbocycles. The minimum Gasteiger partial charge on any atom is -0.507 e. The summed E-state index contributed by atoms with van der Waals surface area (Å²) >= 11 is 0. The monoisotopic (exact) mass is 272 g/mol. The van der Waals surface area contributed by atoms with Gasteiger partial charge in [-0.05, 0) is 36.8 Å². The molecule has 0 aliphatic heterocycles. The highest BCUT2D eigenvalue weighted by molar-refractivity contribution is 5.95. The molecule has 2 rings (SSSR count). The Hall–Kier alpha value is -2.69. The standard InChI is InChI=1S/C15H13FN2O2/c1-10-4-2-6-12(14(10)19)9-17-18-15(20)11-5-3-7-13(16)8-11/h2-9,19H,1H3,(H,18,20). The molecule has 0 aliphatic rings. The minimum absolute atomic E-state index is 0.108. The Bertz CT molecular complexity index is 669. The van der Waals surface area contributed by atoms with Gasteiger partial charge in [0.1, 0.15) is 11.6 Å². The Morgan fingerprint density at radius 2 is 2.05 bits per heavy atom. The summed E-state index contributed by atoms with van der Waals surface area (Å²) in [6.45, 7) is 1.76. The fraction of sp³-hybridized carbons (Fsp3) is 0.0667. The highest BCUT2D eigenvalue weighted by Gasteiger charge is 2.05. The minimum atomic E-state index is -0.520. The van der Waals surface area contributed by atoms with Gasteiger partial charge in [0, 0.05) is 11.1 Å². The zero-order chi connectivity index (χ0) is 14.5. The number of hydrazone groups is 1. The predicted octanol–water partition coefficient (Wildman–Crippen LogP) is 2.60. The molecule has 2 N–H and O–H groups in total. The van der Waals surface area contributed by atoms with Crippen LogP contribution in [0.2, 0.25) is 0 Å². The van der Waals surface area contributed by atoms with Gasteiger partial charge in [-0.15, -0.1) is 0 Å². The van der Waals surface area contributed by atoms with Crippen LogP contribution >= 0.6 is 0 Å². The number of amides is 1. The fourth-order valence-corrected chi connectivity index (χ4v) is 1.64. The van der Waals surface area contributed by atoms with Gasteiger partial charge in [-0.25, -0.2) is 9.82 Å². The molecule has 0 radical (unpaired) electrons. The smallest absolute Gasteiger partial charge is 0.271 e. The second kappa shape index (κ2) is 5.97. The van der Waals surface area contributed by atoms with Crippen LogP contribution in [0.25, 0.3) is 0 Å². The number of phenols is 1. The van der Waals surface area contributed by atoms with Gasteiger partial charge in [-0.1, -0.05) is 18.2 Å². The number of nitrogens with zero attached hydrogens (tertiary/aromatic N) is 1. The average molecular weight is 272 g/mol. The molecule has 0 spiro atoms. The van der Waals surface area contributed by atoms with Gasteiger partial charge in [-0.2, -0.15) is 5.10 Å². The van der Waals surface area contributed by atoms with E-state index in [4.69, 9.17) is 0 Å². The van der Waals surface area contributed by atoms with Crippen molar-refractivity contribution in [3.05, 3.63) is 65.0 Å². The van der Waals surface area contributed by atoms with Crippen molar-refractivity contribution < 1.29 is 14.3 Å². The lowest BCUT2D eigenvalue weighted by atomic mass is 10.1. The normalized spacial score (nSPS) is 10.7. The Morgan fingerprint density at radius 1 is 1.30 bits per heavy atom. The molecule has 0 saturated heterocycles. The van der Waals surface area contributed by atoms with E-state index >= 15 is 0 Å². The number of hydrogen-bond acceptors (Lipinski definition) is 3. The van der Waals surface area contributed by atoms with Crippen LogP contribution in [0.1, 0.15) is 21.5 Å². The molecular weight excluding hydrogens is 259 g/mol. The molecule has 0 aromatic heterocycles. The molecule has 0 fully saturated rings. The van der Waals surface area contributed by atoms with Crippen molar-refractivity contribution in [1.29, 1.82) is 0 Å². The first-order chi connectivity index (χ1) is 9.58. The summed E-state index contributed by atoms with van der Waals surface area (Å²) in [6.07, 6.45) is 1.33. The fourth-order valence-electron chi connectivity index (χ4n) is 1.64. The van der Waals surface area contributed by atoms with E-state index in [-0.39, 0.29) is 11.3 Å². The van der Waals surface area contributed by atoms with Crippen molar-refractivity contribution in [2.75, 3.05) is 0 Å². The first kappa shape index (κ1) is 13.7. The van der Waals surface area contributed by atoms with Gasteiger partial charge in [0.25, 0.3) is 5.91 Å². The molecule has 102 valence electrons. The lowest BCUT2D eigenvalue weighted by Gasteiger charge is -2.02. The largest absolute Gasteiger partial charge is 0.507 e. The number of benzene rings is 2. The van der Waals surface area contributed by atoms with E-state index in [1.54, 1.807) is 25.1 Å². The van der Waals surface area contributed by atoms with Crippen molar-refractivity contribution in [2.45, 2.75) is 6.92 Å². The number of aromatic hydroxyl groups is 1. The van der Waals surface area contributed by atoms with Crippen LogP contribution < -0.4 is 5.43 Å². The van der Waals surface area contributed by atoms with Crippen molar-refractivity contribution in [2.24, 2.45) is 5.10 Å². The molecule has 5 heteroatoms. The topological polar surface area (TPSA) is 61.7 Å². The van der Waals surface area contributed by atoms with Crippen molar-refractivity contribution in [3.63, 3.8) is 0 Å². The van der Waals surface area contributed by atoms with Gasteiger partial charge in [0.05, 0.1) is 6.21 Å². The summed E-state index contributed by atoms with van der Waals surface area (Å²) in [4.78, 5) is 11.7. The summed E-state index contributed by atoms with van der Waals surface area (Å²) in [5.74, 6) is -0.901. The maximum atomic E-state index is 13.0. The third-order valence-corrected chi connectivity index (χ3v) is 2.73. The molecular formula is C15H13FN2O2. The lowest BCUT2D eigenvalue weighted by molar-refractivity contribution is 0.0954. The van der Waals surface area contributed by atoms with Crippen molar-refractivity contribution >= 4 is 12.1 Å². The molecule has 0 atom stereocenters. The molecule has 2 aromatic carbocycles. The lowest BCUT2D eigenvalue weighted by Crippen LogP contribution is -2.17. The first-order valence-electron chi connectivity index (χ1n) is 5.95. The number of carbonyl (C=O) groups is 1. The molecule has 0 aliphatic carbocycles. The number of aryl methyl sites for hydroxylation is 1. The quantitative estimate of drug-likeness (QED) is 0.666. The highest BCUT2D eigenvalue weighted by Crippen LogP contribution is 2.19. The summed E-state index contributed by atoms with van der Waals surface area (Å²) in [5, 5.41) is 13.5. The first-order valence-corrected chi connectivity index (χ1v) is 5.95. The summed E-state index contributed by atoms with van der Waals surface area (Å²) in [7, 11) is 0. The number of para-hydroxylation sites is 1. The molecule has 20 heavy (non-hydrogen) atoms. The second-order valence-corrected chi connectivity index (χ2v) is 4.22. The van der Waals surface area contributed by atoms with Gasteiger partial charge in [0.15, 0.2) is 0 Å². The number of carbonyl (C=O) groups excluding carboxylic acids is 1. The van der Waals surface area contributed by atoms with Crippen LogP contribution in [-0.2, 0) is 0 Å². The van der Waals surface area contributed by atoms with E-state index in [1.807, 2.05) is 0 Å². The maximum absolute atomic E-state index is 13.0. The average Bonchev–Trinajstić information content (AvgIpc) is 2.43. The Kier molecular flexibility index (Phi) is 4.10. The number of nitrogens with one attached hydrogen (secondary N) is 1. The van der Waals surface area contributed by atoms with E-state index in [0.717, 1.165) is 6.07 Å². The second-order valence-electron chi connectivity index (χ2n) is 4.22. The zero-order valence-electron chi connectivity index (χ0n) is 10.8. The van der Waals surface area contributed by atoms with Gasteiger partial charge in [0.2, 0.25) is 0 Å². The van der Waals surface area contributed by atoms with E-state index in [1.165, 1.54) is 24.4 Å². The third kappa shape index (κ3) is 3.20. The molecule has 2 aromatic rings. The van der Waals surface area contributed by atoms with Crippen LogP contribution in [0.4, 0.5) is 4.39 Å². The predicted molar refractivity (Wildman–Crippen MR) is 74.3 cm³/mol. The van der Waals surface area contributed by atoms with Crippen LogP contribution in [0.15, 0.2) is 47.6 Å². The Morgan fingerprint density at radius 3 is 2.80 bits per heavy atom. The zero-order valence-corrected chi connectivity index (χ0v) is 10.8. The van der Waals surface area contributed by atoms with Gasteiger partial charge >= 0.3 is 0 Å². The maximum Gasteiger partial charge on any atom is 0.271 e. The van der Waals surface area contributed by atoms with E-state index in [0.29, 0.717) is 11.1 Å². The van der Waals surface area contributed by atoms with Crippen LogP contribution in [0.5, 0.6) is 5.75 Å². The molecule has 4 nitrogen and oxygen atoms in total. The summed E-state index contributed by atoms with van der Waals surface area (Å²) in [6, 6.07) is 10.5. The van der Waals surface area contributed by atoms with Crippen molar-refractivity contribution in [3.8, 4) is 5.75 Å². The van der Waals surface area contributed by atoms with Crippen LogP contribution in [0, 0.1) is 12.7 Å². The Labute approximate surface area is 115 Å². The summed E-state index contributed by atoms with van der Waals surface area (Å²) in [5.41, 5.74) is 3.65. The Balaban J connectivity index is 2.07.